The first-order chi connectivity index (χ1) is 21.6. The first-order valence-electron chi connectivity index (χ1n) is 16.1. The molecule has 1 aliphatic heterocycles. The summed E-state index contributed by atoms with van der Waals surface area (Å²) in [5.41, 5.74) is 2.07. The molecule has 2 aromatic carbocycles. The number of carbonyl (C=O) groups is 2. The van der Waals surface area contributed by atoms with Gasteiger partial charge in [-0.3, -0.25) is 14.6 Å². The fourth-order valence-corrected chi connectivity index (χ4v) is 7.32. The maximum absolute atomic E-state index is 14.7. The molecule has 46 heavy (non-hydrogen) atoms. The van der Waals surface area contributed by atoms with Gasteiger partial charge in [0.15, 0.2) is 5.82 Å². The molecule has 0 bridgehead atoms. The normalized spacial score (nSPS) is 21.8. The molecule has 2 N–H and O–H groups in total. The number of tetrazole rings is 1. The van der Waals surface area contributed by atoms with Crippen molar-refractivity contribution in [3.63, 3.8) is 0 Å². The summed E-state index contributed by atoms with van der Waals surface area (Å²) in [7, 11) is 0. The van der Waals surface area contributed by atoms with Crippen molar-refractivity contribution in [3.8, 4) is 0 Å². The van der Waals surface area contributed by atoms with Gasteiger partial charge in [0.2, 0.25) is 0 Å². The minimum Gasteiger partial charge on any atom is -0.342 e. The third-order valence-electron chi connectivity index (χ3n) is 9.47. The summed E-state index contributed by atoms with van der Waals surface area (Å²) in [6, 6.07) is 12.1. The molecule has 2 atom stereocenters. The number of halogens is 2. The summed E-state index contributed by atoms with van der Waals surface area (Å²) in [6.45, 7) is 15.3. The minimum absolute atomic E-state index is 0.0490. The molecule has 1 aliphatic carbocycles. The Balaban J connectivity index is 1.51. The van der Waals surface area contributed by atoms with Gasteiger partial charge in [-0.2, -0.15) is 5.21 Å². The maximum Gasteiger partial charge on any atom is 0.275 e. The van der Waals surface area contributed by atoms with Gasteiger partial charge in [-0.05, 0) is 98.1 Å². The van der Waals surface area contributed by atoms with Gasteiger partial charge in [0.1, 0.15) is 11.4 Å². The van der Waals surface area contributed by atoms with Gasteiger partial charge in [0.05, 0.1) is 12.1 Å². The van der Waals surface area contributed by atoms with Crippen LogP contribution in [0, 0.1) is 16.7 Å². The van der Waals surface area contributed by atoms with Gasteiger partial charge in [-0.15, -0.1) is 10.2 Å². The van der Waals surface area contributed by atoms with Gasteiger partial charge in [-0.25, -0.2) is 0 Å². The van der Waals surface area contributed by atoms with Crippen molar-refractivity contribution >= 4 is 40.7 Å². The summed E-state index contributed by atoms with van der Waals surface area (Å²) < 4.78 is 0. The summed E-state index contributed by atoms with van der Waals surface area (Å²) in [4.78, 5) is 35.1. The smallest absolute Gasteiger partial charge is 0.275 e. The van der Waals surface area contributed by atoms with Crippen molar-refractivity contribution in [1.29, 1.82) is 0 Å². The number of aliphatic imine (C=N–C) groups is 1. The Morgan fingerprint density at radius 2 is 1.67 bits per heavy atom. The molecule has 1 unspecified atom stereocenters. The second-order valence-electron chi connectivity index (χ2n) is 15.1. The van der Waals surface area contributed by atoms with Crippen molar-refractivity contribution in [2.24, 2.45) is 21.7 Å². The van der Waals surface area contributed by atoms with E-state index in [1.165, 1.54) is 0 Å². The molecule has 246 valence electrons. The minimum atomic E-state index is -0.679. The summed E-state index contributed by atoms with van der Waals surface area (Å²) in [5.74, 6) is 0.591. The van der Waals surface area contributed by atoms with Crippen LogP contribution in [0.5, 0.6) is 0 Å². The zero-order valence-corrected chi connectivity index (χ0v) is 29.3. The number of rotatable bonds is 8. The van der Waals surface area contributed by atoms with Crippen LogP contribution in [0.1, 0.15) is 126 Å². The Labute approximate surface area is 281 Å². The SMILES string of the molecule is C[C@@H](NC(=O)c1ccc(C(CCC(C)(C)C)N2C(=O)C(c3cc(Cl)cc(Cl)c3)=NC23CCC(C(C)(C)C)CC3)cc1)c1nn[nH]n1. The van der Waals surface area contributed by atoms with E-state index in [2.05, 4.69) is 72.4 Å². The number of aromatic amines is 1. The van der Waals surface area contributed by atoms with Gasteiger partial charge in [-0.1, -0.05) is 82.1 Å². The van der Waals surface area contributed by atoms with Crippen LogP contribution in [-0.4, -0.2) is 48.7 Å². The summed E-state index contributed by atoms with van der Waals surface area (Å²) in [6.07, 6.45) is 5.15. The monoisotopic (exact) mass is 665 g/mol. The van der Waals surface area contributed by atoms with Crippen LogP contribution >= 0.6 is 23.2 Å². The lowest BCUT2D eigenvalue weighted by Gasteiger charge is -2.47. The van der Waals surface area contributed by atoms with E-state index in [-0.39, 0.29) is 28.7 Å². The number of hydrogen-bond acceptors (Lipinski definition) is 6. The molecule has 1 saturated carbocycles. The van der Waals surface area contributed by atoms with Crippen molar-refractivity contribution in [2.75, 3.05) is 0 Å². The first kappa shape index (κ1) is 34.0. The van der Waals surface area contributed by atoms with Crippen LogP contribution in [-0.2, 0) is 4.79 Å². The van der Waals surface area contributed by atoms with Gasteiger partial charge < -0.3 is 10.2 Å². The molecule has 11 heteroatoms. The zero-order chi connectivity index (χ0) is 33.4. The van der Waals surface area contributed by atoms with Crippen LogP contribution in [0.15, 0.2) is 47.5 Å². The van der Waals surface area contributed by atoms with Crippen molar-refractivity contribution in [3.05, 3.63) is 75.0 Å². The first-order valence-corrected chi connectivity index (χ1v) is 16.9. The molecule has 2 heterocycles. The number of carbonyl (C=O) groups excluding carboxylic acids is 2. The van der Waals surface area contributed by atoms with Crippen LogP contribution in [0.3, 0.4) is 0 Å². The van der Waals surface area contributed by atoms with E-state index in [0.717, 1.165) is 44.1 Å². The molecule has 3 aromatic rings. The van der Waals surface area contributed by atoms with Crippen molar-refractivity contribution < 1.29 is 9.59 Å². The number of nitrogens with one attached hydrogen (secondary N) is 2. The molecule has 5 rings (SSSR count). The number of benzene rings is 2. The van der Waals surface area contributed by atoms with Gasteiger partial charge >= 0.3 is 0 Å². The molecule has 1 fully saturated rings. The Morgan fingerprint density at radius 1 is 1.04 bits per heavy atom. The Bertz CT molecular complexity index is 1560. The molecule has 0 radical (unpaired) electrons. The fourth-order valence-electron chi connectivity index (χ4n) is 6.79. The molecule has 2 amide bonds. The van der Waals surface area contributed by atoms with Crippen LogP contribution < -0.4 is 5.32 Å². The lowest BCUT2D eigenvalue weighted by atomic mass is 9.69. The lowest BCUT2D eigenvalue weighted by molar-refractivity contribution is -0.134. The molecule has 1 aromatic heterocycles. The van der Waals surface area contributed by atoms with E-state index in [4.69, 9.17) is 28.2 Å². The standard InChI is InChI=1S/C35H45Cl2N7O2/c1-21(30-40-42-43-41-30)38-31(45)23-10-8-22(9-11-23)28(14-15-33(2,3)4)44-32(46)29(24-18-26(36)20-27(37)19-24)39-35(44)16-12-25(13-17-35)34(5,6)7/h8-11,18-21,25,28H,12-17H2,1-7H3,(H,38,45)(H,40,41,42,43)/t21-,25?,28?,35?/m1/s1. The molecular weight excluding hydrogens is 621 g/mol. The van der Waals surface area contributed by atoms with E-state index in [1.807, 2.05) is 24.3 Å². The highest BCUT2D eigenvalue weighted by Gasteiger charge is 2.52. The Hall–Kier alpha value is -3.30. The molecule has 1 spiro atoms. The Morgan fingerprint density at radius 3 is 2.22 bits per heavy atom. The third-order valence-corrected chi connectivity index (χ3v) is 9.91. The number of hydrogen-bond donors (Lipinski definition) is 2. The number of aromatic nitrogens is 4. The van der Waals surface area contributed by atoms with E-state index < -0.39 is 11.7 Å². The van der Waals surface area contributed by atoms with E-state index in [9.17, 15) is 9.59 Å². The predicted molar refractivity (Wildman–Crippen MR) is 182 cm³/mol. The molecular formula is C35H45Cl2N7O2. The number of amides is 2. The largest absolute Gasteiger partial charge is 0.342 e. The van der Waals surface area contributed by atoms with Gasteiger partial charge in [0.25, 0.3) is 11.8 Å². The fraction of sp³-hybridized carbons (Fsp3) is 0.543. The van der Waals surface area contributed by atoms with Gasteiger partial charge in [0, 0.05) is 21.2 Å². The molecule has 9 nitrogen and oxygen atoms in total. The summed E-state index contributed by atoms with van der Waals surface area (Å²) >= 11 is 12.8. The van der Waals surface area contributed by atoms with Crippen LogP contribution in [0.2, 0.25) is 10.0 Å². The average Bonchev–Trinajstić information content (AvgIpc) is 3.60. The second-order valence-corrected chi connectivity index (χ2v) is 16.0. The van der Waals surface area contributed by atoms with Crippen molar-refractivity contribution in [2.45, 2.75) is 105 Å². The van der Waals surface area contributed by atoms with E-state index in [0.29, 0.717) is 38.6 Å². The molecule has 0 saturated heterocycles. The van der Waals surface area contributed by atoms with Crippen LogP contribution in [0.25, 0.3) is 0 Å². The summed E-state index contributed by atoms with van der Waals surface area (Å²) in [5, 5.41) is 17.8. The third kappa shape index (κ3) is 7.46. The topological polar surface area (TPSA) is 116 Å². The molecule has 2 aliphatic rings. The lowest BCUT2D eigenvalue weighted by Crippen LogP contribution is -2.51. The Kier molecular flexibility index (Phi) is 9.67. The highest BCUT2D eigenvalue weighted by Crippen LogP contribution is 2.50. The highest BCUT2D eigenvalue weighted by molar-refractivity contribution is 6.47. The average molecular weight is 667 g/mol. The maximum atomic E-state index is 14.7. The quantitative estimate of drug-likeness (QED) is 0.252. The number of nitrogens with zero attached hydrogens (tertiary/aromatic N) is 5. The van der Waals surface area contributed by atoms with Crippen molar-refractivity contribution in [1.82, 2.24) is 30.8 Å². The predicted octanol–water partition coefficient (Wildman–Crippen LogP) is 8.13. The van der Waals surface area contributed by atoms with E-state index >= 15 is 0 Å². The second kappa shape index (κ2) is 13.1. The highest BCUT2D eigenvalue weighted by atomic mass is 35.5. The van der Waals surface area contributed by atoms with E-state index in [1.54, 1.807) is 25.1 Å². The van der Waals surface area contributed by atoms with Crippen LogP contribution in [0.4, 0.5) is 0 Å². The zero-order valence-electron chi connectivity index (χ0n) is 27.8. The number of H-pyrrole nitrogens is 1.